The number of aryl methyl sites for hydroxylation is 1. The highest BCUT2D eigenvalue weighted by atomic mass is 16.4. The van der Waals surface area contributed by atoms with Crippen molar-refractivity contribution < 1.29 is 14.7 Å². The van der Waals surface area contributed by atoms with Crippen molar-refractivity contribution in [3.63, 3.8) is 0 Å². The van der Waals surface area contributed by atoms with Crippen molar-refractivity contribution in [3.8, 4) is 0 Å². The summed E-state index contributed by atoms with van der Waals surface area (Å²) in [6.45, 7) is 3.19. The number of carboxylic acid groups (broad SMARTS) is 1. The van der Waals surface area contributed by atoms with Gasteiger partial charge in [-0.2, -0.15) is 0 Å². The molecular formula is C13H15N2O3-. The van der Waals surface area contributed by atoms with Crippen LogP contribution in [0.2, 0.25) is 0 Å². The number of hydrogen-bond acceptors (Lipinski definition) is 3. The fraction of sp³-hybridized carbons (Fsp3) is 0.385. The number of carbonyl (C=O) groups is 2. The Morgan fingerprint density at radius 3 is 2.44 bits per heavy atom. The highest BCUT2D eigenvalue weighted by Gasteiger charge is 2.27. The molecule has 18 heavy (non-hydrogen) atoms. The van der Waals surface area contributed by atoms with Gasteiger partial charge in [-0.05, 0) is 12.5 Å². The lowest BCUT2D eigenvalue weighted by atomic mass is 10.1. The van der Waals surface area contributed by atoms with Gasteiger partial charge in [0.05, 0.1) is 12.5 Å². The minimum Gasteiger partial charge on any atom is -0.548 e. The molecule has 0 saturated carbocycles. The lowest BCUT2D eigenvalue weighted by Crippen LogP contribution is -2.40. The van der Waals surface area contributed by atoms with E-state index in [2.05, 4.69) is 0 Å². The molecular weight excluding hydrogens is 232 g/mol. The first-order valence-corrected chi connectivity index (χ1v) is 5.85. The van der Waals surface area contributed by atoms with Gasteiger partial charge in [0.25, 0.3) is 0 Å². The van der Waals surface area contributed by atoms with Gasteiger partial charge in [-0.25, -0.2) is 4.79 Å². The number of aliphatic carboxylic acids is 1. The fourth-order valence-corrected chi connectivity index (χ4v) is 2.00. The average molecular weight is 247 g/mol. The molecule has 0 aromatic heterocycles. The van der Waals surface area contributed by atoms with Crippen molar-refractivity contribution in [2.75, 3.05) is 19.6 Å². The molecule has 1 aromatic carbocycles. The molecule has 5 nitrogen and oxygen atoms in total. The molecule has 0 N–H and O–H groups in total. The van der Waals surface area contributed by atoms with Crippen LogP contribution in [0, 0.1) is 6.92 Å². The van der Waals surface area contributed by atoms with Crippen LogP contribution in [-0.2, 0) is 11.3 Å². The van der Waals surface area contributed by atoms with Crippen molar-refractivity contribution in [2.24, 2.45) is 0 Å². The minimum absolute atomic E-state index is 0.236. The van der Waals surface area contributed by atoms with Gasteiger partial charge in [-0.1, -0.05) is 29.8 Å². The third-order valence-electron chi connectivity index (χ3n) is 2.99. The van der Waals surface area contributed by atoms with Crippen molar-refractivity contribution in [1.29, 1.82) is 0 Å². The Morgan fingerprint density at radius 2 is 1.83 bits per heavy atom. The first-order valence-electron chi connectivity index (χ1n) is 5.85. The Kier molecular flexibility index (Phi) is 3.50. The number of carbonyl (C=O) groups excluding carboxylic acids is 2. The molecule has 0 atom stereocenters. The number of urea groups is 1. The molecule has 1 fully saturated rings. The molecule has 1 aliphatic heterocycles. The summed E-state index contributed by atoms with van der Waals surface area (Å²) in [6.07, 6.45) is 0. The highest BCUT2D eigenvalue weighted by Crippen LogP contribution is 2.13. The Balaban J connectivity index is 1.97. The molecule has 1 aromatic rings. The molecule has 0 radical (unpaired) electrons. The Hall–Kier alpha value is -2.04. The zero-order chi connectivity index (χ0) is 13.1. The number of amides is 2. The molecule has 0 spiro atoms. The van der Waals surface area contributed by atoms with Crippen LogP contribution >= 0.6 is 0 Å². The standard InChI is InChI=1S/C13H16N2O3/c1-10-2-4-11(5-3-10)8-14-6-7-15(13(14)18)9-12(16)17/h2-5H,6-9H2,1H3,(H,16,17)/p-1. The second-order valence-electron chi connectivity index (χ2n) is 4.48. The Labute approximate surface area is 106 Å². The van der Waals surface area contributed by atoms with Crippen LogP contribution in [0.5, 0.6) is 0 Å². The van der Waals surface area contributed by atoms with Gasteiger partial charge in [-0.15, -0.1) is 0 Å². The third-order valence-corrected chi connectivity index (χ3v) is 2.99. The molecule has 0 aliphatic carbocycles. The number of rotatable bonds is 4. The SMILES string of the molecule is Cc1ccc(CN2CCN(CC(=O)[O-])C2=O)cc1. The maximum absolute atomic E-state index is 11.9. The lowest BCUT2D eigenvalue weighted by Gasteiger charge is -2.19. The summed E-state index contributed by atoms with van der Waals surface area (Å²) in [5.41, 5.74) is 2.22. The monoisotopic (exact) mass is 247 g/mol. The van der Waals surface area contributed by atoms with E-state index in [0.717, 1.165) is 5.56 Å². The first kappa shape index (κ1) is 12.4. The predicted molar refractivity (Wildman–Crippen MR) is 63.6 cm³/mol. The second kappa shape index (κ2) is 5.08. The maximum Gasteiger partial charge on any atom is 0.320 e. The molecule has 1 heterocycles. The summed E-state index contributed by atoms with van der Waals surface area (Å²) in [7, 11) is 0. The summed E-state index contributed by atoms with van der Waals surface area (Å²) in [6, 6.07) is 7.71. The van der Waals surface area contributed by atoms with E-state index in [-0.39, 0.29) is 12.6 Å². The summed E-state index contributed by atoms with van der Waals surface area (Å²) in [5, 5.41) is 10.5. The van der Waals surface area contributed by atoms with E-state index in [1.54, 1.807) is 4.90 Å². The quantitative estimate of drug-likeness (QED) is 0.751. The molecule has 96 valence electrons. The summed E-state index contributed by atoms with van der Waals surface area (Å²) in [5.74, 6) is -1.22. The first-order chi connectivity index (χ1) is 8.56. The van der Waals surface area contributed by atoms with Crippen molar-refractivity contribution in [2.45, 2.75) is 13.5 Å². The van der Waals surface area contributed by atoms with Crippen LogP contribution in [0.25, 0.3) is 0 Å². The van der Waals surface area contributed by atoms with Crippen LogP contribution in [0.4, 0.5) is 4.79 Å². The average Bonchev–Trinajstić information content (AvgIpc) is 2.64. The van der Waals surface area contributed by atoms with Gasteiger partial charge in [0.1, 0.15) is 0 Å². The zero-order valence-electron chi connectivity index (χ0n) is 10.3. The second-order valence-corrected chi connectivity index (χ2v) is 4.48. The largest absolute Gasteiger partial charge is 0.548 e. The molecule has 0 unspecified atom stereocenters. The summed E-state index contributed by atoms with van der Waals surface area (Å²) < 4.78 is 0. The highest BCUT2D eigenvalue weighted by molar-refractivity contribution is 5.81. The fourth-order valence-electron chi connectivity index (χ4n) is 2.00. The Morgan fingerprint density at radius 1 is 1.22 bits per heavy atom. The molecule has 1 aliphatic rings. The van der Waals surface area contributed by atoms with E-state index >= 15 is 0 Å². The minimum atomic E-state index is -1.22. The molecule has 0 bridgehead atoms. The van der Waals surface area contributed by atoms with Gasteiger partial charge >= 0.3 is 6.03 Å². The van der Waals surface area contributed by atoms with Gasteiger partial charge in [-0.3, -0.25) is 0 Å². The zero-order valence-corrected chi connectivity index (χ0v) is 10.3. The van der Waals surface area contributed by atoms with Crippen LogP contribution in [0.15, 0.2) is 24.3 Å². The number of carboxylic acids is 1. The van der Waals surface area contributed by atoms with Crippen LogP contribution < -0.4 is 5.11 Å². The molecule has 2 rings (SSSR count). The summed E-state index contributed by atoms with van der Waals surface area (Å²) in [4.78, 5) is 25.3. The van der Waals surface area contributed by atoms with Gasteiger partial charge in [0.15, 0.2) is 0 Å². The van der Waals surface area contributed by atoms with E-state index in [0.29, 0.717) is 19.6 Å². The van der Waals surface area contributed by atoms with Crippen LogP contribution in [0.1, 0.15) is 11.1 Å². The maximum atomic E-state index is 11.9. The van der Waals surface area contributed by atoms with Crippen LogP contribution in [0.3, 0.4) is 0 Å². The van der Waals surface area contributed by atoms with Crippen molar-refractivity contribution >= 4 is 12.0 Å². The van der Waals surface area contributed by atoms with Gasteiger partial charge < -0.3 is 19.7 Å². The van der Waals surface area contributed by atoms with Crippen molar-refractivity contribution in [3.05, 3.63) is 35.4 Å². The van der Waals surface area contributed by atoms with Crippen molar-refractivity contribution in [1.82, 2.24) is 9.80 Å². The van der Waals surface area contributed by atoms with E-state index in [9.17, 15) is 14.7 Å². The Bertz CT molecular complexity index is 456. The number of hydrogen-bond donors (Lipinski definition) is 0. The lowest BCUT2D eigenvalue weighted by molar-refractivity contribution is -0.305. The third kappa shape index (κ3) is 2.80. The van der Waals surface area contributed by atoms with E-state index in [4.69, 9.17) is 0 Å². The van der Waals surface area contributed by atoms with Crippen LogP contribution in [-0.4, -0.2) is 41.4 Å². The van der Waals surface area contributed by atoms with E-state index in [1.165, 1.54) is 10.5 Å². The molecule has 1 saturated heterocycles. The summed E-state index contributed by atoms with van der Waals surface area (Å²) >= 11 is 0. The van der Waals surface area contributed by atoms with E-state index in [1.807, 2.05) is 31.2 Å². The smallest absolute Gasteiger partial charge is 0.320 e. The molecule has 2 amide bonds. The predicted octanol–water partition coefficient (Wildman–Crippen LogP) is -0.0175. The normalized spacial score (nSPS) is 15.3. The molecule has 5 heteroatoms. The topological polar surface area (TPSA) is 63.7 Å². The number of nitrogens with zero attached hydrogens (tertiary/aromatic N) is 2. The van der Waals surface area contributed by atoms with Gasteiger partial charge in [0, 0.05) is 19.6 Å². The van der Waals surface area contributed by atoms with Gasteiger partial charge in [0.2, 0.25) is 0 Å². The number of benzene rings is 1. The van der Waals surface area contributed by atoms with E-state index < -0.39 is 5.97 Å².